The number of pyridine rings is 1. The van der Waals surface area contributed by atoms with E-state index >= 15 is 0 Å². The molecule has 2 saturated heterocycles. The van der Waals surface area contributed by atoms with Crippen LogP contribution in [0.25, 0.3) is 20.4 Å². The average molecular weight is 454 g/mol. The summed E-state index contributed by atoms with van der Waals surface area (Å²) in [4.78, 5) is 20.7. The van der Waals surface area contributed by atoms with Crippen molar-refractivity contribution in [2.75, 3.05) is 42.6 Å². The molecule has 0 bridgehead atoms. The number of nitrogens with zero attached hydrogens (tertiary/aromatic N) is 5. The van der Waals surface area contributed by atoms with Crippen LogP contribution in [0.15, 0.2) is 6.33 Å². The summed E-state index contributed by atoms with van der Waals surface area (Å²) in [6, 6.07) is 0.505. The highest BCUT2D eigenvalue weighted by Crippen LogP contribution is 2.45. The van der Waals surface area contributed by atoms with E-state index in [1.165, 1.54) is 40.5 Å². The van der Waals surface area contributed by atoms with Crippen molar-refractivity contribution in [3.8, 4) is 0 Å². The summed E-state index contributed by atoms with van der Waals surface area (Å²) in [6.45, 7) is 11.6. The van der Waals surface area contributed by atoms with Gasteiger partial charge in [0.1, 0.15) is 22.8 Å². The molecule has 3 aromatic heterocycles. The molecule has 3 aliphatic heterocycles. The molecule has 0 aliphatic carbocycles. The van der Waals surface area contributed by atoms with Crippen LogP contribution in [-0.4, -0.2) is 59.4 Å². The SMILES string of the molecule is CC1CCCCN1c1ncnc2c1sc1nc(N3CCOCC3)c3c(c12)CC(C)(C)OC3. The largest absolute Gasteiger partial charge is 0.378 e. The Bertz CT molecular complexity index is 1170. The minimum absolute atomic E-state index is 0.199. The fourth-order valence-corrected chi connectivity index (χ4v) is 6.59. The van der Waals surface area contributed by atoms with Gasteiger partial charge in [0.2, 0.25) is 0 Å². The Labute approximate surface area is 192 Å². The predicted octanol–water partition coefficient (Wildman–Crippen LogP) is 4.31. The van der Waals surface area contributed by atoms with Crippen LogP contribution in [0.3, 0.4) is 0 Å². The second-order valence-electron chi connectivity index (χ2n) is 9.91. The van der Waals surface area contributed by atoms with Crippen LogP contribution in [0.2, 0.25) is 0 Å². The third-order valence-corrected chi connectivity index (χ3v) is 8.24. The van der Waals surface area contributed by atoms with Gasteiger partial charge in [0.25, 0.3) is 0 Å². The van der Waals surface area contributed by atoms with Gasteiger partial charge in [-0.3, -0.25) is 0 Å². The van der Waals surface area contributed by atoms with Gasteiger partial charge >= 0.3 is 0 Å². The van der Waals surface area contributed by atoms with Crippen LogP contribution < -0.4 is 9.80 Å². The molecule has 1 unspecified atom stereocenters. The minimum atomic E-state index is -0.199. The Morgan fingerprint density at radius 1 is 1.06 bits per heavy atom. The Kier molecular flexibility index (Phi) is 5.00. The van der Waals surface area contributed by atoms with Gasteiger partial charge in [0.05, 0.1) is 35.6 Å². The number of morpholine rings is 1. The van der Waals surface area contributed by atoms with Gasteiger partial charge in [0.15, 0.2) is 0 Å². The lowest BCUT2D eigenvalue weighted by atomic mass is 9.90. The number of rotatable bonds is 2. The zero-order valence-corrected chi connectivity index (χ0v) is 20.0. The lowest BCUT2D eigenvalue weighted by Gasteiger charge is -2.36. The Hall–Kier alpha value is -2.03. The lowest BCUT2D eigenvalue weighted by molar-refractivity contribution is -0.0396. The summed E-state index contributed by atoms with van der Waals surface area (Å²) in [5.41, 5.74) is 3.44. The van der Waals surface area contributed by atoms with Crippen LogP contribution in [0, 0.1) is 0 Å². The molecule has 0 radical (unpaired) electrons. The number of piperidine rings is 1. The summed E-state index contributed by atoms with van der Waals surface area (Å²) in [6.07, 6.45) is 6.35. The van der Waals surface area contributed by atoms with Gasteiger partial charge in [-0.15, -0.1) is 11.3 Å². The first kappa shape index (κ1) is 20.6. The molecular weight excluding hydrogens is 422 g/mol. The van der Waals surface area contributed by atoms with Crippen LogP contribution in [0.4, 0.5) is 11.6 Å². The van der Waals surface area contributed by atoms with Crippen molar-refractivity contribution >= 4 is 43.4 Å². The van der Waals surface area contributed by atoms with Crippen molar-refractivity contribution in [3.05, 3.63) is 17.5 Å². The molecule has 32 heavy (non-hydrogen) atoms. The van der Waals surface area contributed by atoms with Crippen molar-refractivity contribution in [3.63, 3.8) is 0 Å². The van der Waals surface area contributed by atoms with Crippen molar-refractivity contribution in [1.29, 1.82) is 0 Å². The molecule has 0 N–H and O–H groups in total. The molecule has 170 valence electrons. The van der Waals surface area contributed by atoms with E-state index in [4.69, 9.17) is 24.4 Å². The first-order valence-corrected chi connectivity index (χ1v) is 12.7. The van der Waals surface area contributed by atoms with Crippen molar-refractivity contribution < 1.29 is 9.47 Å². The molecule has 0 aromatic carbocycles. The predicted molar refractivity (Wildman–Crippen MR) is 129 cm³/mol. The van der Waals surface area contributed by atoms with Crippen molar-refractivity contribution in [2.24, 2.45) is 0 Å². The maximum absolute atomic E-state index is 6.26. The average Bonchev–Trinajstić information content (AvgIpc) is 3.18. The van der Waals surface area contributed by atoms with E-state index < -0.39 is 0 Å². The standard InChI is InChI=1S/C24H31N5O2S/c1-15-6-4-5-7-29(15)22-20-19(25-14-26-22)18-16-12-24(2,3)31-13-17(16)21(27-23(18)32-20)28-8-10-30-11-9-28/h14-15H,4-13H2,1-3H3. The Morgan fingerprint density at radius 3 is 2.72 bits per heavy atom. The van der Waals surface area contributed by atoms with E-state index in [2.05, 4.69) is 30.6 Å². The highest BCUT2D eigenvalue weighted by Gasteiger charge is 2.34. The summed E-state index contributed by atoms with van der Waals surface area (Å²) >= 11 is 1.76. The smallest absolute Gasteiger partial charge is 0.150 e. The lowest BCUT2D eigenvalue weighted by Crippen LogP contribution is -2.39. The molecule has 2 fully saturated rings. The monoisotopic (exact) mass is 453 g/mol. The van der Waals surface area contributed by atoms with Crippen LogP contribution in [0.5, 0.6) is 0 Å². The first-order valence-electron chi connectivity index (χ1n) is 11.8. The van der Waals surface area contributed by atoms with Gasteiger partial charge in [-0.1, -0.05) is 0 Å². The number of hydrogen-bond acceptors (Lipinski definition) is 8. The van der Waals surface area contributed by atoms with E-state index in [0.29, 0.717) is 12.6 Å². The second-order valence-corrected chi connectivity index (χ2v) is 10.9. The minimum Gasteiger partial charge on any atom is -0.378 e. The molecular formula is C24H31N5O2S. The number of thiophene rings is 1. The molecule has 0 saturated carbocycles. The molecule has 3 aromatic rings. The number of aromatic nitrogens is 3. The van der Waals surface area contributed by atoms with E-state index in [-0.39, 0.29) is 5.60 Å². The van der Waals surface area contributed by atoms with E-state index in [0.717, 1.165) is 61.3 Å². The summed E-state index contributed by atoms with van der Waals surface area (Å²) in [7, 11) is 0. The van der Waals surface area contributed by atoms with Crippen LogP contribution in [0.1, 0.15) is 51.2 Å². The van der Waals surface area contributed by atoms with Gasteiger partial charge < -0.3 is 19.3 Å². The number of hydrogen-bond donors (Lipinski definition) is 0. The van der Waals surface area contributed by atoms with Gasteiger partial charge in [-0.05, 0) is 45.6 Å². The zero-order valence-electron chi connectivity index (χ0n) is 19.2. The van der Waals surface area contributed by atoms with Gasteiger partial charge in [-0.25, -0.2) is 15.0 Å². The molecule has 3 aliphatic rings. The highest BCUT2D eigenvalue weighted by molar-refractivity contribution is 7.26. The quantitative estimate of drug-likeness (QED) is 0.573. The molecule has 6 rings (SSSR count). The second kappa shape index (κ2) is 7.78. The van der Waals surface area contributed by atoms with E-state index in [9.17, 15) is 0 Å². The summed E-state index contributed by atoms with van der Waals surface area (Å²) in [5.74, 6) is 2.15. The van der Waals surface area contributed by atoms with E-state index in [1.54, 1.807) is 17.7 Å². The molecule has 0 amide bonds. The normalized spacial score (nSPS) is 23.7. The number of fused-ring (bicyclic) bond motifs is 5. The van der Waals surface area contributed by atoms with Gasteiger partial charge in [-0.2, -0.15) is 0 Å². The molecule has 6 heterocycles. The Balaban J connectivity index is 1.59. The summed E-state index contributed by atoms with van der Waals surface area (Å²) in [5, 5.41) is 1.21. The third-order valence-electron chi connectivity index (χ3n) is 7.17. The maximum Gasteiger partial charge on any atom is 0.150 e. The fourth-order valence-electron chi connectivity index (χ4n) is 5.43. The first-order chi connectivity index (χ1) is 15.5. The number of ether oxygens (including phenoxy) is 2. The molecule has 1 atom stereocenters. The topological polar surface area (TPSA) is 63.6 Å². The Morgan fingerprint density at radius 2 is 1.91 bits per heavy atom. The third kappa shape index (κ3) is 3.35. The summed E-state index contributed by atoms with van der Waals surface area (Å²) < 4.78 is 13.0. The van der Waals surface area contributed by atoms with Crippen LogP contribution >= 0.6 is 11.3 Å². The fraction of sp³-hybridized carbons (Fsp3) is 0.625. The highest BCUT2D eigenvalue weighted by atomic mass is 32.1. The molecule has 8 heteroatoms. The van der Waals surface area contributed by atoms with Crippen LogP contribution in [-0.2, 0) is 22.5 Å². The zero-order chi connectivity index (χ0) is 21.9. The van der Waals surface area contributed by atoms with Crippen molar-refractivity contribution in [2.45, 2.75) is 64.7 Å². The molecule has 0 spiro atoms. The van der Waals surface area contributed by atoms with Crippen molar-refractivity contribution in [1.82, 2.24) is 15.0 Å². The molecule has 7 nitrogen and oxygen atoms in total. The number of anilines is 2. The van der Waals surface area contributed by atoms with Gasteiger partial charge in [0, 0.05) is 43.0 Å². The maximum atomic E-state index is 6.26. The van der Waals surface area contributed by atoms with E-state index in [1.807, 2.05) is 0 Å².